The summed E-state index contributed by atoms with van der Waals surface area (Å²) in [7, 11) is 1.81. The van der Waals surface area contributed by atoms with Crippen molar-refractivity contribution < 1.29 is 4.79 Å². The molecule has 0 aromatic carbocycles. The van der Waals surface area contributed by atoms with Crippen LogP contribution >= 0.6 is 11.6 Å². The fraction of sp³-hybridized carbons (Fsp3) is 0.143. The molecule has 0 bridgehead atoms. The Bertz CT molecular complexity index is 443. The van der Waals surface area contributed by atoms with Crippen molar-refractivity contribution in [3.8, 4) is 0 Å². The molecule has 0 unspecified atom stereocenters. The van der Waals surface area contributed by atoms with Crippen molar-refractivity contribution >= 4 is 23.7 Å². The third kappa shape index (κ3) is 0.783. The maximum atomic E-state index is 10.6. The molecule has 12 heavy (non-hydrogen) atoms. The quantitative estimate of drug-likeness (QED) is 0.622. The van der Waals surface area contributed by atoms with E-state index in [9.17, 15) is 4.79 Å². The van der Waals surface area contributed by atoms with Crippen LogP contribution in [0.1, 0.15) is 10.5 Å². The smallest absolute Gasteiger partial charge is 0.215 e. The van der Waals surface area contributed by atoms with E-state index >= 15 is 0 Å². The van der Waals surface area contributed by atoms with Crippen LogP contribution in [0.2, 0.25) is 5.15 Å². The molecule has 0 saturated carbocycles. The van der Waals surface area contributed by atoms with E-state index in [-0.39, 0.29) is 0 Å². The molecule has 4 nitrogen and oxygen atoms in total. The standard InChI is InChI=1S/C7H6ClN3O/c1-10-3-5(4-12)11-6(8)2-9-7(10)11/h2-4H,1H3. The van der Waals surface area contributed by atoms with Gasteiger partial charge in [-0.3, -0.25) is 9.20 Å². The maximum Gasteiger partial charge on any atom is 0.215 e. The number of carbonyl (C=O) groups excluding carboxylic acids is 1. The lowest BCUT2D eigenvalue weighted by molar-refractivity contribution is 0.111. The zero-order valence-corrected chi connectivity index (χ0v) is 7.12. The van der Waals surface area contributed by atoms with Crippen LogP contribution in [0.5, 0.6) is 0 Å². The first-order valence-corrected chi connectivity index (χ1v) is 3.75. The van der Waals surface area contributed by atoms with Crippen LogP contribution in [-0.4, -0.2) is 20.2 Å². The summed E-state index contributed by atoms with van der Waals surface area (Å²) in [6.07, 6.45) is 3.95. The Kier molecular flexibility index (Phi) is 1.44. The Balaban J connectivity index is 2.94. The molecular weight excluding hydrogens is 178 g/mol. The Labute approximate surface area is 73.4 Å². The summed E-state index contributed by atoms with van der Waals surface area (Å²) in [5.41, 5.74) is 0.509. The summed E-state index contributed by atoms with van der Waals surface area (Å²) in [6.45, 7) is 0. The Morgan fingerprint density at radius 3 is 3.08 bits per heavy atom. The van der Waals surface area contributed by atoms with Gasteiger partial charge in [0, 0.05) is 13.2 Å². The third-order valence-electron chi connectivity index (χ3n) is 1.72. The van der Waals surface area contributed by atoms with Crippen LogP contribution in [0.3, 0.4) is 0 Å². The van der Waals surface area contributed by atoms with E-state index in [1.807, 2.05) is 7.05 Å². The molecule has 2 rings (SSSR count). The molecule has 0 aliphatic carbocycles. The van der Waals surface area contributed by atoms with Crippen LogP contribution in [0.15, 0.2) is 12.4 Å². The van der Waals surface area contributed by atoms with Crippen LogP contribution in [0.4, 0.5) is 0 Å². The molecule has 0 aliphatic heterocycles. The SMILES string of the molecule is Cn1cc(C=O)n2c(Cl)cnc12. The van der Waals surface area contributed by atoms with Crippen molar-refractivity contribution in [2.45, 2.75) is 0 Å². The van der Waals surface area contributed by atoms with Gasteiger partial charge in [0.1, 0.15) is 10.8 Å². The van der Waals surface area contributed by atoms with Gasteiger partial charge < -0.3 is 4.57 Å². The highest BCUT2D eigenvalue weighted by atomic mass is 35.5. The summed E-state index contributed by atoms with van der Waals surface area (Å²) < 4.78 is 3.34. The zero-order chi connectivity index (χ0) is 8.72. The first kappa shape index (κ1) is 7.36. The average molecular weight is 184 g/mol. The number of hydrogen-bond acceptors (Lipinski definition) is 2. The lowest BCUT2D eigenvalue weighted by Crippen LogP contribution is -1.87. The summed E-state index contributed by atoms with van der Waals surface area (Å²) in [4.78, 5) is 14.6. The van der Waals surface area contributed by atoms with E-state index in [0.29, 0.717) is 16.6 Å². The highest BCUT2D eigenvalue weighted by Gasteiger charge is 2.09. The second kappa shape index (κ2) is 2.35. The molecular formula is C7H6ClN3O. The second-order valence-corrected chi connectivity index (χ2v) is 2.89. The third-order valence-corrected chi connectivity index (χ3v) is 1.99. The molecule has 5 heteroatoms. The number of halogens is 1. The summed E-state index contributed by atoms with van der Waals surface area (Å²) in [5.74, 6) is 0.669. The van der Waals surface area contributed by atoms with Crippen molar-refractivity contribution in [1.29, 1.82) is 0 Å². The molecule has 0 saturated heterocycles. The van der Waals surface area contributed by atoms with Crippen molar-refractivity contribution in [2.24, 2.45) is 7.05 Å². The lowest BCUT2D eigenvalue weighted by Gasteiger charge is -1.87. The fourth-order valence-corrected chi connectivity index (χ4v) is 1.43. The van der Waals surface area contributed by atoms with E-state index in [1.165, 1.54) is 6.20 Å². The van der Waals surface area contributed by atoms with E-state index < -0.39 is 0 Å². The number of aldehydes is 1. The van der Waals surface area contributed by atoms with Gasteiger partial charge in [0.25, 0.3) is 0 Å². The van der Waals surface area contributed by atoms with Gasteiger partial charge in [0.15, 0.2) is 6.29 Å². The van der Waals surface area contributed by atoms with Crippen LogP contribution in [0, 0.1) is 0 Å². The molecule has 2 heterocycles. The van der Waals surface area contributed by atoms with Crippen molar-refractivity contribution in [3.05, 3.63) is 23.2 Å². The topological polar surface area (TPSA) is 39.3 Å². The fourth-order valence-electron chi connectivity index (χ4n) is 1.21. The summed E-state index contributed by atoms with van der Waals surface area (Å²) in [6, 6.07) is 0. The molecule has 2 aromatic rings. The number of nitrogens with zero attached hydrogens (tertiary/aromatic N) is 3. The number of hydrogen-bond donors (Lipinski definition) is 0. The van der Waals surface area contributed by atoms with Gasteiger partial charge in [-0.2, -0.15) is 0 Å². The van der Waals surface area contributed by atoms with E-state index in [0.717, 1.165) is 6.29 Å². The number of aryl methyl sites for hydroxylation is 1. The molecule has 0 spiro atoms. The first-order valence-electron chi connectivity index (χ1n) is 3.37. The van der Waals surface area contributed by atoms with E-state index in [4.69, 9.17) is 11.6 Å². The van der Waals surface area contributed by atoms with Crippen molar-refractivity contribution in [1.82, 2.24) is 14.0 Å². The molecule has 0 aliphatic rings. The Morgan fingerprint density at radius 2 is 2.42 bits per heavy atom. The average Bonchev–Trinajstić information content (AvgIpc) is 2.56. The van der Waals surface area contributed by atoms with Gasteiger partial charge in [0.2, 0.25) is 5.78 Å². The molecule has 0 fully saturated rings. The molecule has 62 valence electrons. The molecule has 0 atom stereocenters. The number of aromatic nitrogens is 3. The maximum absolute atomic E-state index is 10.6. The second-order valence-electron chi connectivity index (χ2n) is 2.50. The van der Waals surface area contributed by atoms with Gasteiger partial charge in [-0.1, -0.05) is 11.6 Å². The molecule has 0 N–H and O–H groups in total. The highest BCUT2D eigenvalue weighted by molar-refractivity contribution is 6.29. The minimum atomic E-state index is 0.452. The Morgan fingerprint density at radius 1 is 1.67 bits per heavy atom. The minimum Gasteiger partial charge on any atom is -0.319 e. The summed E-state index contributed by atoms with van der Waals surface area (Å²) in [5, 5.41) is 0.452. The number of imidazole rings is 2. The van der Waals surface area contributed by atoms with Crippen molar-refractivity contribution in [2.75, 3.05) is 0 Å². The van der Waals surface area contributed by atoms with E-state index in [1.54, 1.807) is 15.2 Å². The van der Waals surface area contributed by atoms with Gasteiger partial charge in [0.05, 0.1) is 6.20 Å². The molecule has 2 aromatic heterocycles. The Hall–Kier alpha value is -1.29. The zero-order valence-electron chi connectivity index (χ0n) is 6.36. The predicted octanol–water partition coefficient (Wildman–Crippen LogP) is 1.14. The number of fused-ring (bicyclic) bond motifs is 1. The first-order chi connectivity index (χ1) is 5.74. The number of carbonyl (C=O) groups is 1. The van der Waals surface area contributed by atoms with Crippen LogP contribution in [0.25, 0.3) is 5.78 Å². The van der Waals surface area contributed by atoms with Crippen molar-refractivity contribution in [3.63, 3.8) is 0 Å². The molecule has 0 radical (unpaired) electrons. The van der Waals surface area contributed by atoms with Gasteiger partial charge in [-0.05, 0) is 0 Å². The normalized spacial score (nSPS) is 10.8. The minimum absolute atomic E-state index is 0.452. The molecule has 0 amide bonds. The predicted molar refractivity (Wildman–Crippen MR) is 44.6 cm³/mol. The van der Waals surface area contributed by atoms with E-state index in [2.05, 4.69) is 4.98 Å². The van der Waals surface area contributed by atoms with Crippen LogP contribution in [-0.2, 0) is 7.05 Å². The van der Waals surface area contributed by atoms with Gasteiger partial charge >= 0.3 is 0 Å². The summed E-state index contributed by atoms with van der Waals surface area (Å²) >= 11 is 5.80. The highest BCUT2D eigenvalue weighted by Crippen LogP contribution is 2.14. The lowest BCUT2D eigenvalue weighted by atomic mass is 10.5. The largest absolute Gasteiger partial charge is 0.319 e. The monoisotopic (exact) mass is 183 g/mol. The van der Waals surface area contributed by atoms with Gasteiger partial charge in [-0.15, -0.1) is 0 Å². The number of rotatable bonds is 1. The van der Waals surface area contributed by atoms with Crippen LogP contribution < -0.4 is 0 Å². The van der Waals surface area contributed by atoms with Gasteiger partial charge in [-0.25, -0.2) is 4.98 Å².